The molecule has 2 atom stereocenters. The lowest BCUT2D eigenvalue weighted by Crippen LogP contribution is -2.53. The van der Waals surface area contributed by atoms with Gasteiger partial charge in [0.1, 0.15) is 0 Å². The molecule has 7 heteroatoms. The molecule has 1 aliphatic rings. The lowest BCUT2D eigenvalue weighted by molar-refractivity contribution is -0.384. The molecule has 2 rings (SSSR count). The normalized spacial score (nSPS) is 21.0. The van der Waals surface area contributed by atoms with Gasteiger partial charge >= 0.3 is 0 Å². The van der Waals surface area contributed by atoms with Crippen LogP contribution in [0.15, 0.2) is 12.1 Å². The van der Waals surface area contributed by atoms with Gasteiger partial charge in [0.2, 0.25) is 0 Å². The highest BCUT2D eigenvalue weighted by molar-refractivity contribution is 6.33. The largest absolute Gasteiger partial charge is 0.392 e. The van der Waals surface area contributed by atoms with E-state index in [0.717, 1.165) is 30.9 Å². The maximum Gasteiger partial charge on any atom is 0.271 e. The summed E-state index contributed by atoms with van der Waals surface area (Å²) in [5.74, 6) is 0. The first-order valence-corrected chi connectivity index (χ1v) is 7.79. The second-order valence-corrected chi connectivity index (χ2v) is 6.40. The number of rotatable bonds is 4. The minimum atomic E-state index is -0.425. The number of benzene rings is 1. The van der Waals surface area contributed by atoms with Crippen molar-refractivity contribution in [2.75, 3.05) is 31.1 Å². The van der Waals surface area contributed by atoms with Crippen LogP contribution >= 0.6 is 11.6 Å². The molecule has 0 saturated carbocycles. The minimum absolute atomic E-state index is 0.0204. The van der Waals surface area contributed by atoms with E-state index in [4.69, 9.17) is 11.6 Å². The van der Waals surface area contributed by atoms with Crippen LogP contribution in [0.5, 0.6) is 0 Å². The van der Waals surface area contributed by atoms with Crippen LogP contribution in [0.1, 0.15) is 19.4 Å². The van der Waals surface area contributed by atoms with E-state index >= 15 is 0 Å². The van der Waals surface area contributed by atoms with Gasteiger partial charge in [-0.3, -0.25) is 15.0 Å². The number of nitrogens with zero attached hydrogens (tertiary/aromatic N) is 3. The Kier molecular flexibility index (Phi) is 5.26. The number of anilines is 1. The molecule has 0 aromatic heterocycles. The average Bonchev–Trinajstić information content (AvgIpc) is 2.40. The van der Waals surface area contributed by atoms with Crippen molar-refractivity contribution in [1.82, 2.24) is 4.90 Å². The number of halogens is 1. The van der Waals surface area contributed by atoms with Crippen molar-refractivity contribution < 1.29 is 10.0 Å². The van der Waals surface area contributed by atoms with E-state index in [9.17, 15) is 15.2 Å². The van der Waals surface area contributed by atoms with Crippen LogP contribution in [0, 0.1) is 17.0 Å². The van der Waals surface area contributed by atoms with Crippen LogP contribution in [0.2, 0.25) is 5.02 Å². The van der Waals surface area contributed by atoms with Crippen LogP contribution in [-0.2, 0) is 0 Å². The number of aryl methyl sites for hydroxylation is 1. The van der Waals surface area contributed by atoms with E-state index in [-0.39, 0.29) is 17.8 Å². The van der Waals surface area contributed by atoms with E-state index in [1.54, 1.807) is 13.0 Å². The second kappa shape index (κ2) is 6.81. The van der Waals surface area contributed by atoms with Gasteiger partial charge in [-0.25, -0.2) is 0 Å². The molecular weight excluding hydrogens is 306 g/mol. The summed E-state index contributed by atoms with van der Waals surface area (Å²) in [6.07, 6.45) is -0.348. The van der Waals surface area contributed by atoms with Gasteiger partial charge < -0.3 is 10.0 Å². The number of β-amino-alcohol motifs (C(OH)–C–C–N with tert-alkyl or cyclic N) is 1. The monoisotopic (exact) mass is 327 g/mol. The van der Waals surface area contributed by atoms with Gasteiger partial charge in [-0.15, -0.1) is 0 Å². The fraction of sp³-hybridized carbons (Fsp3) is 0.600. The minimum Gasteiger partial charge on any atom is -0.392 e. The molecule has 1 aromatic carbocycles. The molecule has 1 aliphatic heterocycles. The standard InChI is InChI=1S/C15H22ClN3O3/c1-10-6-13(19(21)22)7-14(16)15(10)18-5-4-17(9-12(3)20)11(2)8-18/h6-7,11-12,20H,4-5,8-9H2,1-3H3. The zero-order valence-corrected chi connectivity index (χ0v) is 13.9. The highest BCUT2D eigenvalue weighted by Crippen LogP contribution is 2.34. The predicted octanol–water partition coefficient (Wildman–Crippen LogP) is 2.45. The molecule has 1 fully saturated rings. The zero-order chi connectivity index (χ0) is 16.4. The van der Waals surface area contributed by atoms with Crippen molar-refractivity contribution in [2.24, 2.45) is 0 Å². The highest BCUT2D eigenvalue weighted by Gasteiger charge is 2.27. The van der Waals surface area contributed by atoms with Crippen molar-refractivity contribution >= 4 is 23.0 Å². The van der Waals surface area contributed by atoms with E-state index in [1.807, 2.05) is 6.92 Å². The number of hydrogen-bond acceptors (Lipinski definition) is 5. The first kappa shape index (κ1) is 17.0. The quantitative estimate of drug-likeness (QED) is 0.679. The molecule has 0 spiro atoms. The van der Waals surface area contributed by atoms with Crippen LogP contribution in [-0.4, -0.2) is 53.3 Å². The highest BCUT2D eigenvalue weighted by atomic mass is 35.5. The van der Waals surface area contributed by atoms with Crippen molar-refractivity contribution in [3.05, 3.63) is 32.8 Å². The molecule has 0 aliphatic carbocycles. The van der Waals surface area contributed by atoms with Gasteiger partial charge in [0.05, 0.1) is 21.7 Å². The van der Waals surface area contributed by atoms with Crippen molar-refractivity contribution in [2.45, 2.75) is 32.9 Å². The third kappa shape index (κ3) is 3.69. The SMILES string of the molecule is Cc1cc([N+](=O)[O-])cc(Cl)c1N1CCN(CC(C)O)C(C)C1. The summed E-state index contributed by atoms with van der Waals surface area (Å²) in [5, 5.41) is 20.8. The fourth-order valence-electron chi connectivity index (χ4n) is 3.03. The van der Waals surface area contributed by atoms with Crippen LogP contribution in [0.25, 0.3) is 0 Å². The first-order valence-electron chi connectivity index (χ1n) is 7.41. The smallest absolute Gasteiger partial charge is 0.271 e. The van der Waals surface area contributed by atoms with Gasteiger partial charge in [0.25, 0.3) is 5.69 Å². The Bertz CT molecular complexity index is 542. The van der Waals surface area contributed by atoms with E-state index in [0.29, 0.717) is 11.6 Å². The number of hydrogen-bond donors (Lipinski definition) is 1. The molecule has 1 heterocycles. The van der Waals surface area contributed by atoms with Gasteiger partial charge in [-0.2, -0.15) is 0 Å². The Morgan fingerprint density at radius 1 is 1.50 bits per heavy atom. The lowest BCUT2D eigenvalue weighted by atomic mass is 10.1. The van der Waals surface area contributed by atoms with Gasteiger partial charge in [-0.1, -0.05) is 11.6 Å². The molecular formula is C15H22ClN3O3. The second-order valence-electron chi connectivity index (χ2n) is 5.99. The number of non-ortho nitro benzene ring substituents is 1. The van der Waals surface area contributed by atoms with Gasteiger partial charge in [0, 0.05) is 44.4 Å². The zero-order valence-electron chi connectivity index (χ0n) is 13.1. The number of aliphatic hydroxyl groups is 1. The summed E-state index contributed by atoms with van der Waals surface area (Å²) in [6, 6.07) is 3.26. The van der Waals surface area contributed by atoms with Crippen LogP contribution in [0.4, 0.5) is 11.4 Å². The molecule has 0 bridgehead atoms. The first-order chi connectivity index (χ1) is 10.3. The summed E-state index contributed by atoms with van der Waals surface area (Å²) < 4.78 is 0. The van der Waals surface area contributed by atoms with Crippen molar-refractivity contribution in [1.29, 1.82) is 0 Å². The van der Waals surface area contributed by atoms with Gasteiger partial charge in [0.15, 0.2) is 0 Å². The lowest BCUT2D eigenvalue weighted by Gasteiger charge is -2.42. The predicted molar refractivity (Wildman–Crippen MR) is 87.8 cm³/mol. The maximum atomic E-state index is 10.9. The molecule has 1 N–H and O–H groups in total. The van der Waals surface area contributed by atoms with Crippen molar-refractivity contribution in [3.8, 4) is 0 Å². The van der Waals surface area contributed by atoms with Gasteiger partial charge in [-0.05, 0) is 26.3 Å². The summed E-state index contributed by atoms with van der Waals surface area (Å²) in [4.78, 5) is 14.9. The maximum absolute atomic E-state index is 10.9. The Balaban J connectivity index is 2.19. The molecule has 1 saturated heterocycles. The molecule has 6 nitrogen and oxygen atoms in total. The molecule has 122 valence electrons. The number of nitro benzene ring substituents is 1. The van der Waals surface area contributed by atoms with E-state index in [2.05, 4.69) is 16.7 Å². The Labute approximate surface area is 135 Å². The molecule has 22 heavy (non-hydrogen) atoms. The van der Waals surface area contributed by atoms with E-state index in [1.165, 1.54) is 6.07 Å². The molecule has 2 unspecified atom stereocenters. The topological polar surface area (TPSA) is 69.9 Å². The Morgan fingerprint density at radius 3 is 2.68 bits per heavy atom. The summed E-state index contributed by atoms with van der Waals surface area (Å²) >= 11 is 6.28. The number of nitro groups is 1. The summed E-state index contributed by atoms with van der Waals surface area (Å²) in [6.45, 7) is 8.81. The Morgan fingerprint density at radius 2 is 2.18 bits per heavy atom. The average molecular weight is 328 g/mol. The third-order valence-corrected chi connectivity index (χ3v) is 4.32. The van der Waals surface area contributed by atoms with Crippen LogP contribution in [0.3, 0.4) is 0 Å². The molecule has 1 aromatic rings. The Hall–Kier alpha value is -1.37. The third-order valence-electron chi connectivity index (χ3n) is 4.03. The van der Waals surface area contributed by atoms with E-state index < -0.39 is 4.92 Å². The summed E-state index contributed by atoms with van der Waals surface area (Å²) in [7, 11) is 0. The van der Waals surface area contributed by atoms with Crippen molar-refractivity contribution in [3.63, 3.8) is 0 Å². The van der Waals surface area contributed by atoms with Crippen LogP contribution < -0.4 is 4.90 Å². The number of aliphatic hydroxyl groups excluding tert-OH is 1. The number of piperazine rings is 1. The molecule has 0 radical (unpaired) electrons. The molecule has 0 amide bonds. The fourth-order valence-corrected chi connectivity index (χ4v) is 3.41. The summed E-state index contributed by atoms with van der Waals surface area (Å²) in [5.41, 5.74) is 1.71.